The summed E-state index contributed by atoms with van der Waals surface area (Å²) in [5.41, 5.74) is 22.7. The van der Waals surface area contributed by atoms with Crippen LogP contribution in [-0.2, 0) is 21.7 Å². The Balaban J connectivity index is 1.34. The van der Waals surface area contributed by atoms with E-state index < -0.39 is 0 Å². The van der Waals surface area contributed by atoms with Crippen LogP contribution >= 0.6 is 0 Å². The largest absolute Gasteiger partial charge is 0.335 e. The van der Waals surface area contributed by atoms with Crippen LogP contribution in [0.4, 0.5) is 28.4 Å². The van der Waals surface area contributed by atoms with Gasteiger partial charge in [0.05, 0.1) is 11.2 Å². The first kappa shape index (κ1) is 33.3. The monoisotopic (exact) mass is 694 g/mol. The Morgan fingerprint density at radius 2 is 1.30 bits per heavy atom. The smallest absolute Gasteiger partial charge is 0.252 e. The second-order valence-corrected chi connectivity index (χ2v) is 20.2. The maximum Gasteiger partial charge on any atom is 0.252 e. The molecule has 0 N–H and O–H groups in total. The third-order valence-corrected chi connectivity index (χ3v) is 14.7. The molecule has 0 amide bonds. The van der Waals surface area contributed by atoms with E-state index in [0.717, 1.165) is 0 Å². The van der Waals surface area contributed by atoms with Crippen LogP contribution in [0, 0.1) is 6.92 Å². The molecule has 0 bridgehead atoms. The van der Waals surface area contributed by atoms with Crippen LogP contribution in [0.3, 0.4) is 0 Å². The molecule has 0 saturated heterocycles. The van der Waals surface area contributed by atoms with Gasteiger partial charge in [-0.15, -0.1) is 0 Å². The van der Waals surface area contributed by atoms with Gasteiger partial charge in [-0.1, -0.05) is 136 Å². The van der Waals surface area contributed by atoms with Gasteiger partial charge in [-0.3, -0.25) is 0 Å². The minimum absolute atomic E-state index is 0.00417. The Morgan fingerprint density at radius 3 is 2.06 bits per heavy atom. The van der Waals surface area contributed by atoms with E-state index in [2.05, 4.69) is 171 Å². The fourth-order valence-corrected chi connectivity index (χ4v) is 11.6. The molecular formula is C50H55BN2. The number of hydrogen-bond donors (Lipinski definition) is 0. The number of benzene rings is 5. The molecule has 5 aromatic carbocycles. The molecule has 3 aliphatic heterocycles. The van der Waals surface area contributed by atoms with E-state index >= 15 is 0 Å². The Hall–Kier alpha value is -4.24. The molecular weight excluding hydrogens is 639 g/mol. The number of nitrogens with zero attached hydrogens (tertiary/aromatic N) is 2. The lowest BCUT2D eigenvalue weighted by molar-refractivity contribution is 0.195. The summed E-state index contributed by atoms with van der Waals surface area (Å²) in [6.45, 7) is 26.9. The van der Waals surface area contributed by atoms with Gasteiger partial charge in [0.15, 0.2) is 0 Å². The first-order chi connectivity index (χ1) is 25.0. The number of aryl methyl sites for hydroxylation is 1. The second-order valence-electron chi connectivity index (χ2n) is 20.2. The van der Waals surface area contributed by atoms with E-state index in [1.807, 2.05) is 0 Å². The summed E-state index contributed by atoms with van der Waals surface area (Å²) >= 11 is 0. The van der Waals surface area contributed by atoms with Crippen molar-refractivity contribution < 1.29 is 0 Å². The highest BCUT2D eigenvalue weighted by atomic mass is 15.3. The normalized spacial score (nSPS) is 22.9. The molecule has 0 aromatic heterocycles. The molecule has 10 rings (SSSR count). The number of anilines is 5. The summed E-state index contributed by atoms with van der Waals surface area (Å²) in [6.07, 6.45) is 5.03. The molecule has 2 aliphatic carbocycles. The molecule has 268 valence electrons. The summed E-state index contributed by atoms with van der Waals surface area (Å²) in [4.78, 5) is 5.59. The Bertz CT molecular complexity index is 2420. The van der Waals surface area contributed by atoms with Gasteiger partial charge >= 0.3 is 0 Å². The van der Waals surface area contributed by atoms with Gasteiger partial charge in [-0.25, -0.2) is 0 Å². The molecule has 0 radical (unpaired) electrons. The van der Waals surface area contributed by atoms with Crippen molar-refractivity contribution in [3.63, 3.8) is 0 Å². The van der Waals surface area contributed by atoms with Gasteiger partial charge < -0.3 is 9.80 Å². The highest BCUT2D eigenvalue weighted by molar-refractivity contribution is 7.00. The van der Waals surface area contributed by atoms with Crippen LogP contribution < -0.4 is 26.2 Å². The number of hydrogen-bond acceptors (Lipinski definition) is 2. The number of rotatable bonds is 1. The van der Waals surface area contributed by atoms with Gasteiger partial charge in [0.25, 0.3) is 6.71 Å². The van der Waals surface area contributed by atoms with Gasteiger partial charge in [0.1, 0.15) is 0 Å². The molecule has 5 aromatic rings. The molecule has 53 heavy (non-hydrogen) atoms. The quantitative estimate of drug-likeness (QED) is 0.158. The predicted molar refractivity (Wildman–Crippen MR) is 228 cm³/mol. The van der Waals surface area contributed by atoms with Crippen molar-refractivity contribution in [3.8, 4) is 11.1 Å². The van der Waals surface area contributed by atoms with Gasteiger partial charge in [0.2, 0.25) is 0 Å². The Morgan fingerprint density at radius 1 is 0.604 bits per heavy atom. The lowest BCUT2D eigenvalue weighted by Crippen LogP contribution is -2.64. The summed E-state index contributed by atoms with van der Waals surface area (Å²) in [7, 11) is 0. The molecule has 2 nitrogen and oxygen atoms in total. The van der Waals surface area contributed by atoms with E-state index in [-0.39, 0.29) is 33.9 Å². The van der Waals surface area contributed by atoms with Crippen molar-refractivity contribution in [2.24, 2.45) is 0 Å². The van der Waals surface area contributed by atoms with E-state index in [1.54, 1.807) is 5.56 Å². The molecule has 2 atom stereocenters. The van der Waals surface area contributed by atoms with E-state index in [4.69, 9.17) is 0 Å². The zero-order valence-electron chi connectivity index (χ0n) is 33.9. The van der Waals surface area contributed by atoms with Crippen LogP contribution in [0.1, 0.15) is 128 Å². The van der Waals surface area contributed by atoms with Crippen molar-refractivity contribution in [1.82, 2.24) is 0 Å². The summed E-state index contributed by atoms with van der Waals surface area (Å²) in [5.74, 6) is 0. The van der Waals surface area contributed by atoms with Crippen molar-refractivity contribution in [3.05, 3.63) is 118 Å². The Labute approximate surface area is 318 Å². The lowest BCUT2D eigenvalue weighted by Gasteiger charge is -2.53. The predicted octanol–water partition coefficient (Wildman–Crippen LogP) is 11.3. The lowest BCUT2D eigenvalue weighted by atomic mass is 9.33. The average molecular weight is 695 g/mol. The third-order valence-electron chi connectivity index (χ3n) is 14.7. The van der Waals surface area contributed by atoms with Crippen molar-refractivity contribution in [1.29, 1.82) is 0 Å². The third kappa shape index (κ3) is 4.12. The molecule has 3 heteroatoms. The van der Waals surface area contributed by atoms with Crippen LogP contribution in [0.25, 0.3) is 11.1 Å². The topological polar surface area (TPSA) is 6.48 Å². The highest BCUT2D eigenvalue weighted by Gasteiger charge is 2.61. The zero-order valence-corrected chi connectivity index (χ0v) is 33.9. The summed E-state index contributed by atoms with van der Waals surface area (Å²) in [5, 5.41) is 0. The van der Waals surface area contributed by atoms with E-state index in [1.165, 1.54) is 109 Å². The standard InChI is InChI=1S/C50H55BN2/c1-30-25-41-44-42(26-30)53-45-36(49(10)23-14-15-24-50(49,53)11)27-32(47(5,6)7)28-38(45)51(44)37-22-21-31(46(2,3)4)29-40(37)52(41)39-20-16-18-34-33-17-12-13-19-35(33)48(8,9)43(34)39/h12-13,16-22,25-29H,14-15,23-24H2,1-11H3. The van der Waals surface area contributed by atoms with E-state index in [9.17, 15) is 0 Å². The van der Waals surface area contributed by atoms with Crippen LogP contribution in [0.15, 0.2) is 84.9 Å². The van der Waals surface area contributed by atoms with Gasteiger partial charge in [0, 0.05) is 33.6 Å². The van der Waals surface area contributed by atoms with Crippen molar-refractivity contribution in [2.75, 3.05) is 9.80 Å². The molecule has 5 aliphatic rings. The maximum atomic E-state index is 2.88. The van der Waals surface area contributed by atoms with Crippen LogP contribution in [0.2, 0.25) is 0 Å². The first-order valence-electron chi connectivity index (χ1n) is 20.3. The minimum atomic E-state index is -0.138. The van der Waals surface area contributed by atoms with Crippen molar-refractivity contribution >= 4 is 51.5 Å². The molecule has 2 unspecified atom stereocenters. The summed E-state index contributed by atoms with van der Waals surface area (Å²) < 4.78 is 0. The first-order valence-corrected chi connectivity index (χ1v) is 20.3. The summed E-state index contributed by atoms with van der Waals surface area (Å²) in [6, 6.07) is 34.0. The molecule has 1 fully saturated rings. The fraction of sp³-hybridized carbons (Fsp3) is 0.400. The number of fused-ring (bicyclic) bond motifs is 10. The van der Waals surface area contributed by atoms with Crippen LogP contribution in [0.5, 0.6) is 0 Å². The van der Waals surface area contributed by atoms with Gasteiger partial charge in [-0.05, 0) is 123 Å². The molecule has 0 spiro atoms. The molecule has 3 heterocycles. The zero-order chi connectivity index (χ0) is 37.2. The minimum Gasteiger partial charge on any atom is -0.335 e. The maximum absolute atomic E-state index is 2.88. The average Bonchev–Trinajstić information content (AvgIpc) is 3.47. The van der Waals surface area contributed by atoms with Gasteiger partial charge in [-0.2, -0.15) is 0 Å². The highest BCUT2D eigenvalue weighted by Crippen LogP contribution is 2.63. The fourth-order valence-electron chi connectivity index (χ4n) is 11.6. The van der Waals surface area contributed by atoms with Crippen molar-refractivity contribution in [2.45, 2.75) is 129 Å². The second kappa shape index (κ2) is 10.3. The molecule has 1 saturated carbocycles. The van der Waals surface area contributed by atoms with Crippen LogP contribution in [-0.4, -0.2) is 12.3 Å². The van der Waals surface area contributed by atoms with E-state index in [0.29, 0.717) is 0 Å². The Kier molecular flexibility index (Phi) is 6.47. The SMILES string of the molecule is Cc1cc2c3c(c1)N1c4c(cc(C(C)(C)C)cc4C4(C)CCCCC14C)B3c1ccc(C(C)(C)C)cc1N2c1cccc2c1C(C)(C)c1ccccc1-2.